The van der Waals surface area contributed by atoms with Crippen LogP contribution in [0.4, 0.5) is 10.8 Å². The first-order valence-corrected chi connectivity index (χ1v) is 15.9. The SMILES string of the molecule is Cc1csc(NC(=O)CSc2ccc(NC(=O)/C(=C/c3ccc(OCc4ccccc4)cc3)NC(=O)c3ccccc3)cc2)n1. The van der Waals surface area contributed by atoms with E-state index in [1.807, 2.05) is 85.1 Å². The van der Waals surface area contributed by atoms with Crippen molar-refractivity contribution < 1.29 is 19.1 Å². The maximum absolute atomic E-state index is 13.4. The molecular weight excluding hydrogens is 605 g/mol. The molecule has 0 saturated heterocycles. The van der Waals surface area contributed by atoms with Crippen LogP contribution in [0.15, 0.2) is 125 Å². The molecule has 0 atom stereocenters. The summed E-state index contributed by atoms with van der Waals surface area (Å²) >= 11 is 2.76. The fourth-order valence-corrected chi connectivity index (χ4v) is 5.46. The topological polar surface area (TPSA) is 109 Å². The predicted octanol–water partition coefficient (Wildman–Crippen LogP) is 7.17. The molecular formula is C35H30N4O4S2. The highest BCUT2D eigenvalue weighted by Gasteiger charge is 2.15. The normalized spacial score (nSPS) is 11.0. The standard InChI is InChI=1S/C35H30N4O4S2/c1-24-22-45-35(36-24)39-32(40)23-44-30-18-14-28(15-19-30)37-34(42)31(38-33(41)27-10-6-3-7-11-27)20-25-12-16-29(17-13-25)43-21-26-8-4-2-5-9-26/h2-20,22H,21,23H2,1H3,(H,37,42)(H,38,41)(H,36,39,40)/b31-20-. The Morgan fingerprint density at radius 1 is 0.844 bits per heavy atom. The molecule has 0 fully saturated rings. The van der Waals surface area contributed by atoms with E-state index in [0.29, 0.717) is 34.3 Å². The Morgan fingerprint density at radius 2 is 1.53 bits per heavy atom. The van der Waals surface area contributed by atoms with Crippen LogP contribution in [0.2, 0.25) is 0 Å². The van der Waals surface area contributed by atoms with E-state index in [2.05, 4.69) is 20.9 Å². The van der Waals surface area contributed by atoms with Crippen LogP contribution in [0.1, 0.15) is 27.2 Å². The van der Waals surface area contributed by atoms with Crippen LogP contribution in [-0.4, -0.2) is 28.5 Å². The minimum absolute atomic E-state index is 0.0781. The number of hydrogen-bond acceptors (Lipinski definition) is 7. The molecule has 3 amide bonds. The lowest BCUT2D eigenvalue weighted by Gasteiger charge is -2.12. The van der Waals surface area contributed by atoms with E-state index < -0.39 is 11.8 Å². The van der Waals surface area contributed by atoms with Gasteiger partial charge in [-0.15, -0.1) is 23.1 Å². The van der Waals surface area contributed by atoms with Crippen molar-refractivity contribution in [2.75, 3.05) is 16.4 Å². The molecule has 3 N–H and O–H groups in total. The summed E-state index contributed by atoms with van der Waals surface area (Å²) in [6.45, 7) is 2.31. The third-order valence-corrected chi connectivity index (χ3v) is 8.20. The molecule has 0 saturated carbocycles. The van der Waals surface area contributed by atoms with E-state index in [9.17, 15) is 14.4 Å². The summed E-state index contributed by atoms with van der Waals surface area (Å²) in [4.78, 5) is 43.7. The molecule has 1 heterocycles. The average molecular weight is 635 g/mol. The van der Waals surface area contributed by atoms with Gasteiger partial charge in [0.1, 0.15) is 18.1 Å². The summed E-state index contributed by atoms with van der Waals surface area (Å²) < 4.78 is 5.87. The van der Waals surface area contributed by atoms with Gasteiger partial charge in [-0.2, -0.15) is 0 Å². The summed E-state index contributed by atoms with van der Waals surface area (Å²) in [5.74, 6) is -0.130. The lowest BCUT2D eigenvalue weighted by atomic mass is 10.1. The Morgan fingerprint density at radius 3 is 2.20 bits per heavy atom. The van der Waals surface area contributed by atoms with E-state index in [0.717, 1.165) is 16.2 Å². The number of benzene rings is 4. The molecule has 0 unspecified atom stereocenters. The molecule has 226 valence electrons. The first-order chi connectivity index (χ1) is 21.9. The Hall–Kier alpha value is -5.19. The minimum atomic E-state index is -0.484. The molecule has 45 heavy (non-hydrogen) atoms. The van der Waals surface area contributed by atoms with Gasteiger partial charge in [-0.3, -0.25) is 14.4 Å². The van der Waals surface area contributed by atoms with Crippen molar-refractivity contribution in [2.45, 2.75) is 18.4 Å². The Kier molecular flexibility index (Phi) is 10.8. The van der Waals surface area contributed by atoms with E-state index in [-0.39, 0.29) is 17.4 Å². The molecule has 0 bridgehead atoms. The zero-order valence-corrected chi connectivity index (χ0v) is 26.0. The summed E-state index contributed by atoms with van der Waals surface area (Å²) in [5.41, 5.74) is 3.67. The number of amides is 3. The summed E-state index contributed by atoms with van der Waals surface area (Å²) in [5, 5.41) is 10.9. The third-order valence-electron chi connectivity index (χ3n) is 6.32. The highest BCUT2D eigenvalue weighted by Crippen LogP contribution is 2.22. The molecule has 0 aliphatic rings. The van der Waals surface area contributed by atoms with Crippen molar-refractivity contribution in [3.8, 4) is 5.75 Å². The smallest absolute Gasteiger partial charge is 0.272 e. The number of anilines is 2. The third kappa shape index (κ3) is 9.65. The number of hydrogen-bond donors (Lipinski definition) is 3. The van der Waals surface area contributed by atoms with E-state index in [1.54, 1.807) is 42.5 Å². The maximum atomic E-state index is 13.4. The molecule has 8 nitrogen and oxygen atoms in total. The first kappa shape index (κ1) is 31.2. The predicted molar refractivity (Wildman–Crippen MR) is 180 cm³/mol. The van der Waals surface area contributed by atoms with Crippen molar-refractivity contribution in [1.82, 2.24) is 10.3 Å². The number of aryl methyl sites for hydroxylation is 1. The van der Waals surface area contributed by atoms with E-state index in [1.165, 1.54) is 23.1 Å². The molecule has 0 aliphatic heterocycles. The lowest BCUT2D eigenvalue weighted by Crippen LogP contribution is -2.30. The second-order valence-corrected chi connectivity index (χ2v) is 11.7. The summed E-state index contributed by atoms with van der Waals surface area (Å²) in [6.07, 6.45) is 1.62. The minimum Gasteiger partial charge on any atom is -0.489 e. The Balaban J connectivity index is 1.23. The quantitative estimate of drug-likeness (QED) is 0.0992. The molecule has 5 aromatic rings. The van der Waals surface area contributed by atoms with Crippen molar-refractivity contribution in [3.63, 3.8) is 0 Å². The fraction of sp³-hybridized carbons (Fsp3) is 0.0857. The average Bonchev–Trinajstić information content (AvgIpc) is 3.48. The molecule has 10 heteroatoms. The number of carbonyl (C=O) groups excluding carboxylic acids is 3. The van der Waals surface area contributed by atoms with Gasteiger partial charge in [0.05, 0.1) is 11.4 Å². The molecule has 1 aromatic heterocycles. The van der Waals surface area contributed by atoms with Crippen LogP contribution >= 0.6 is 23.1 Å². The number of thiazole rings is 1. The molecule has 0 aliphatic carbocycles. The molecule has 0 spiro atoms. The number of rotatable bonds is 12. The van der Waals surface area contributed by atoms with E-state index >= 15 is 0 Å². The van der Waals surface area contributed by atoms with Crippen molar-refractivity contribution in [1.29, 1.82) is 0 Å². The van der Waals surface area contributed by atoms with Crippen LogP contribution < -0.4 is 20.7 Å². The van der Waals surface area contributed by atoms with Gasteiger partial charge < -0.3 is 20.7 Å². The van der Waals surface area contributed by atoms with E-state index in [4.69, 9.17) is 4.74 Å². The number of carbonyl (C=O) groups is 3. The van der Waals surface area contributed by atoms with Gasteiger partial charge >= 0.3 is 0 Å². The number of nitrogens with zero attached hydrogens (tertiary/aromatic N) is 1. The van der Waals surface area contributed by atoms with Gasteiger partial charge in [-0.05, 0) is 72.7 Å². The zero-order valence-electron chi connectivity index (χ0n) is 24.4. The monoisotopic (exact) mass is 634 g/mol. The summed E-state index contributed by atoms with van der Waals surface area (Å²) in [6, 6.07) is 33.0. The van der Waals surface area contributed by atoms with Gasteiger partial charge in [0.2, 0.25) is 5.91 Å². The number of nitrogens with one attached hydrogen (secondary N) is 3. The number of aromatic nitrogens is 1. The van der Waals surface area contributed by atoms with Gasteiger partial charge in [-0.25, -0.2) is 4.98 Å². The first-order valence-electron chi connectivity index (χ1n) is 14.0. The highest BCUT2D eigenvalue weighted by atomic mass is 32.2. The Labute approximate surface area is 269 Å². The second-order valence-electron chi connectivity index (χ2n) is 9.83. The number of ether oxygens (including phenoxy) is 1. The largest absolute Gasteiger partial charge is 0.489 e. The highest BCUT2D eigenvalue weighted by molar-refractivity contribution is 8.00. The van der Waals surface area contributed by atoms with Gasteiger partial charge in [-0.1, -0.05) is 60.7 Å². The van der Waals surface area contributed by atoms with Gasteiger partial charge in [0.25, 0.3) is 11.8 Å². The van der Waals surface area contributed by atoms with Gasteiger partial charge in [0.15, 0.2) is 5.13 Å². The van der Waals surface area contributed by atoms with Crippen molar-refractivity contribution >= 4 is 57.7 Å². The number of thioether (sulfide) groups is 1. The maximum Gasteiger partial charge on any atom is 0.272 e. The zero-order chi connectivity index (χ0) is 31.4. The van der Waals surface area contributed by atoms with Crippen molar-refractivity contribution in [2.24, 2.45) is 0 Å². The molecule has 4 aromatic carbocycles. The second kappa shape index (κ2) is 15.5. The Bertz CT molecular complexity index is 1770. The van der Waals surface area contributed by atoms with Crippen LogP contribution in [0.3, 0.4) is 0 Å². The van der Waals surface area contributed by atoms with Crippen LogP contribution in [-0.2, 0) is 16.2 Å². The molecule has 5 rings (SSSR count). The van der Waals surface area contributed by atoms with Crippen LogP contribution in [0.5, 0.6) is 5.75 Å². The fourth-order valence-electron chi connectivity index (χ4n) is 4.06. The van der Waals surface area contributed by atoms with Crippen LogP contribution in [0.25, 0.3) is 6.08 Å². The van der Waals surface area contributed by atoms with Crippen LogP contribution in [0, 0.1) is 6.92 Å². The molecule has 0 radical (unpaired) electrons. The summed E-state index contributed by atoms with van der Waals surface area (Å²) in [7, 11) is 0. The van der Waals surface area contributed by atoms with Gasteiger partial charge in [0, 0.05) is 21.5 Å². The lowest BCUT2D eigenvalue weighted by molar-refractivity contribution is -0.114. The van der Waals surface area contributed by atoms with Crippen molar-refractivity contribution in [3.05, 3.63) is 143 Å².